The van der Waals surface area contributed by atoms with E-state index >= 15 is 0 Å². The number of rotatable bonds is 6. The Hall–Kier alpha value is -2.20. The molecule has 3 nitrogen and oxygen atoms in total. The zero-order valence-electron chi connectivity index (χ0n) is 15.2. The Balaban J connectivity index is 1.50. The van der Waals surface area contributed by atoms with Gasteiger partial charge >= 0.3 is 0 Å². The molecular weight excluding hydrogens is 329 g/mol. The van der Waals surface area contributed by atoms with Crippen LogP contribution >= 0.6 is 0 Å². The van der Waals surface area contributed by atoms with Gasteiger partial charge in [-0.25, -0.2) is 4.39 Å². The van der Waals surface area contributed by atoms with E-state index in [1.54, 1.807) is 13.2 Å². The van der Waals surface area contributed by atoms with Crippen LogP contribution in [0.15, 0.2) is 54.6 Å². The van der Waals surface area contributed by atoms with Crippen LogP contribution in [0.25, 0.3) is 0 Å². The van der Waals surface area contributed by atoms with Crippen LogP contribution in [0.2, 0.25) is 0 Å². The maximum atomic E-state index is 13.2. The topological polar surface area (TPSA) is 29.5 Å². The number of methoxy groups -OCH3 is 1. The number of piperidine rings is 1. The molecule has 138 valence electrons. The van der Waals surface area contributed by atoms with E-state index in [2.05, 4.69) is 12.1 Å². The first kappa shape index (κ1) is 18.6. The number of carbonyl (C=O) groups is 1. The number of carbonyl (C=O) groups excluding carboxylic acids is 1. The van der Waals surface area contributed by atoms with Crippen LogP contribution in [-0.2, 0) is 16.0 Å². The Bertz CT molecular complexity index is 711. The molecule has 26 heavy (non-hydrogen) atoms. The molecule has 3 rings (SSSR count). The summed E-state index contributed by atoms with van der Waals surface area (Å²) in [6.45, 7) is 1.53. The fourth-order valence-corrected chi connectivity index (χ4v) is 3.80. The van der Waals surface area contributed by atoms with Gasteiger partial charge in [0.1, 0.15) is 5.82 Å². The minimum Gasteiger partial charge on any atom is -0.376 e. The molecule has 1 heterocycles. The second-order valence-electron chi connectivity index (χ2n) is 6.92. The van der Waals surface area contributed by atoms with Gasteiger partial charge in [-0.15, -0.1) is 0 Å². The van der Waals surface area contributed by atoms with E-state index in [0.717, 1.165) is 31.5 Å². The minimum absolute atomic E-state index is 0.0840. The second-order valence-corrected chi connectivity index (χ2v) is 6.92. The average molecular weight is 355 g/mol. The van der Waals surface area contributed by atoms with Gasteiger partial charge in [-0.2, -0.15) is 0 Å². The molecule has 0 radical (unpaired) electrons. The van der Waals surface area contributed by atoms with Crippen molar-refractivity contribution in [2.75, 3.05) is 20.2 Å². The lowest BCUT2D eigenvalue weighted by Crippen LogP contribution is -2.40. The second kappa shape index (κ2) is 8.95. The average Bonchev–Trinajstić information content (AvgIpc) is 2.68. The minimum atomic E-state index is -0.248. The first-order valence-corrected chi connectivity index (χ1v) is 9.27. The van der Waals surface area contributed by atoms with Gasteiger partial charge in [0.15, 0.2) is 0 Å². The predicted molar refractivity (Wildman–Crippen MR) is 100 cm³/mol. The van der Waals surface area contributed by atoms with E-state index in [-0.39, 0.29) is 17.8 Å². The molecule has 4 heteroatoms. The van der Waals surface area contributed by atoms with Gasteiger partial charge < -0.3 is 9.64 Å². The molecule has 1 amide bonds. The van der Waals surface area contributed by atoms with Crippen LogP contribution in [0, 0.1) is 11.7 Å². The van der Waals surface area contributed by atoms with Crippen molar-refractivity contribution < 1.29 is 13.9 Å². The lowest BCUT2D eigenvalue weighted by Gasteiger charge is -2.35. The summed E-state index contributed by atoms with van der Waals surface area (Å²) >= 11 is 0. The first-order chi connectivity index (χ1) is 12.7. The molecule has 0 saturated carbocycles. The standard InChI is InChI=1S/C22H26FNO2/c1-26-22(18-7-3-2-4-8-18)19-12-14-24(15-13-19)21(25)11-10-17-6-5-9-20(23)16-17/h2-9,16,19,22H,10-15H2,1H3. The van der Waals surface area contributed by atoms with Crippen molar-refractivity contribution >= 4 is 5.91 Å². The van der Waals surface area contributed by atoms with E-state index in [1.165, 1.54) is 17.7 Å². The highest BCUT2D eigenvalue weighted by Gasteiger charge is 2.29. The van der Waals surface area contributed by atoms with Gasteiger partial charge in [0.2, 0.25) is 5.91 Å². The fraction of sp³-hybridized carbons (Fsp3) is 0.409. The monoisotopic (exact) mass is 355 g/mol. The lowest BCUT2D eigenvalue weighted by atomic mass is 9.87. The summed E-state index contributed by atoms with van der Waals surface area (Å²) in [6, 6.07) is 16.8. The molecule has 1 aliphatic rings. The van der Waals surface area contributed by atoms with Crippen LogP contribution in [0.3, 0.4) is 0 Å². The van der Waals surface area contributed by atoms with Crippen LogP contribution in [0.5, 0.6) is 0 Å². The molecule has 0 N–H and O–H groups in total. The van der Waals surface area contributed by atoms with E-state index < -0.39 is 0 Å². The number of hydrogen-bond donors (Lipinski definition) is 0. The summed E-state index contributed by atoms with van der Waals surface area (Å²) < 4.78 is 19.0. The van der Waals surface area contributed by atoms with Crippen LogP contribution < -0.4 is 0 Å². The van der Waals surface area contributed by atoms with Gasteiger partial charge in [-0.1, -0.05) is 42.5 Å². The Kier molecular flexibility index (Phi) is 6.40. The van der Waals surface area contributed by atoms with Gasteiger partial charge in [-0.3, -0.25) is 4.79 Å². The zero-order chi connectivity index (χ0) is 18.4. The SMILES string of the molecule is COC(c1ccccc1)C1CCN(C(=O)CCc2cccc(F)c2)CC1. The van der Waals surface area contributed by atoms with E-state index in [0.29, 0.717) is 18.8 Å². The molecule has 1 atom stereocenters. The molecule has 2 aromatic rings. The molecule has 0 spiro atoms. The molecule has 0 aliphatic carbocycles. The molecule has 2 aromatic carbocycles. The zero-order valence-corrected chi connectivity index (χ0v) is 15.2. The smallest absolute Gasteiger partial charge is 0.222 e. The van der Waals surface area contributed by atoms with Crippen molar-refractivity contribution in [3.05, 3.63) is 71.5 Å². The first-order valence-electron chi connectivity index (χ1n) is 9.27. The molecule has 0 bridgehead atoms. The van der Waals surface area contributed by atoms with Crippen molar-refractivity contribution in [3.63, 3.8) is 0 Å². The van der Waals surface area contributed by atoms with Crippen molar-refractivity contribution in [2.45, 2.75) is 31.8 Å². The quantitative estimate of drug-likeness (QED) is 0.769. The van der Waals surface area contributed by atoms with Gasteiger partial charge in [0.05, 0.1) is 6.10 Å². The number of benzene rings is 2. The van der Waals surface area contributed by atoms with Gasteiger partial charge in [0.25, 0.3) is 0 Å². The predicted octanol–water partition coefficient (Wildman–Crippen LogP) is 4.38. The Labute approximate surface area is 154 Å². The van der Waals surface area contributed by atoms with Crippen molar-refractivity contribution in [3.8, 4) is 0 Å². The summed E-state index contributed by atoms with van der Waals surface area (Å²) in [7, 11) is 1.76. The van der Waals surface area contributed by atoms with E-state index in [9.17, 15) is 9.18 Å². The van der Waals surface area contributed by atoms with E-state index in [4.69, 9.17) is 4.74 Å². The molecule has 1 fully saturated rings. The number of aryl methyl sites for hydroxylation is 1. The summed E-state index contributed by atoms with van der Waals surface area (Å²) in [4.78, 5) is 14.4. The number of hydrogen-bond acceptors (Lipinski definition) is 2. The van der Waals surface area contributed by atoms with Crippen molar-refractivity contribution in [1.82, 2.24) is 4.90 Å². The fourth-order valence-electron chi connectivity index (χ4n) is 3.80. The Morgan fingerprint density at radius 2 is 1.88 bits per heavy atom. The maximum Gasteiger partial charge on any atom is 0.222 e. The van der Waals surface area contributed by atoms with Gasteiger partial charge in [0, 0.05) is 26.6 Å². The van der Waals surface area contributed by atoms with Crippen LogP contribution in [0.1, 0.15) is 36.5 Å². The molecular formula is C22H26FNO2. The summed E-state index contributed by atoms with van der Waals surface area (Å²) in [6.07, 6.45) is 2.99. The number of likely N-dealkylation sites (tertiary alicyclic amines) is 1. The number of nitrogens with zero attached hydrogens (tertiary/aromatic N) is 1. The summed E-state index contributed by atoms with van der Waals surface area (Å²) in [5.74, 6) is 0.332. The Morgan fingerprint density at radius 3 is 2.54 bits per heavy atom. The van der Waals surface area contributed by atoms with Gasteiger partial charge in [-0.05, 0) is 48.4 Å². The third-order valence-corrected chi connectivity index (χ3v) is 5.22. The third kappa shape index (κ3) is 4.70. The Morgan fingerprint density at radius 1 is 1.15 bits per heavy atom. The number of ether oxygens (including phenoxy) is 1. The van der Waals surface area contributed by atoms with Crippen LogP contribution in [0.4, 0.5) is 4.39 Å². The number of halogens is 1. The third-order valence-electron chi connectivity index (χ3n) is 5.22. The molecule has 1 saturated heterocycles. The summed E-state index contributed by atoms with van der Waals surface area (Å²) in [5.41, 5.74) is 2.07. The molecule has 1 aliphatic heterocycles. The summed E-state index contributed by atoms with van der Waals surface area (Å²) in [5, 5.41) is 0. The normalized spacial score (nSPS) is 16.5. The number of amides is 1. The van der Waals surface area contributed by atoms with E-state index in [1.807, 2.05) is 29.2 Å². The van der Waals surface area contributed by atoms with Crippen molar-refractivity contribution in [2.24, 2.45) is 5.92 Å². The van der Waals surface area contributed by atoms with Crippen molar-refractivity contribution in [1.29, 1.82) is 0 Å². The van der Waals surface area contributed by atoms with Crippen LogP contribution in [-0.4, -0.2) is 31.0 Å². The highest BCUT2D eigenvalue weighted by molar-refractivity contribution is 5.76. The highest BCUT2D eigenvalue weighted by atomic mass is 19.1. The highest BCUT2D eigenvalue weighted by Crippen LogP contribution is 2.33. The largest absolute Gasteiger partial charge is 0.376 e. The molecule has 0 aromatic heterocycles. The maximum absolute atomic E-state index is 13.2. The lowest BCUT2D eigenvalue weighted by molar-refractivity contribution is -0.133. The molecule has 1 unspecified atom stereocenters.